The molecular weight excluding hydrogens is 496 g/mol. The average molecular weight is 538 g/mol. The zero-order valence-electron chi connectivity index (χ0n) is 24.4. The summed E-state index contributed by atoms with van der Waals surface area (Å²) in [4.78, 5) is 0. The lowest BCUT2D eigenvalue weighted by Gasteiger charge is -2.23. The van der Waals surface area contributed by atoms with Gasteiger partial charge >= 0.3 is 0 Å². The maximum atomic E-state index is 2.58. The molecule has 4 aliphatic carbocycles. The van der Waals surface area contributed by atoms with E-state index in [4.69, 9.17) is 0 Å². The molecule has 1 heterocycles. The minimum absolute atomic E-state index is 0.634. The smallest absolute Gasteiger partial charge is 0.232 e. The first-order valence-corrected chi connectivity index (χ1v) is 16.1. The first-order chi connectivity index (χ1) is 20.2. The van der Waals surface area contributed by atoms with Gasteiger partial charge in [0.2, 0.25) is 0 Å². The Morgan fingerprint density at radius 3 is 2.17 bits per heavy atom. The highest BCUT2D eigenvalue weighted by Crippen LogP contribution is 2.47. The molecule has 0 aliphatic heterocycles. The summed E-state index contributed by atoms with van der Waals surface area (Å²) in [6, 6.07) is 23.5. The summed E-state index contributed by atoms with van der Waals surface area (Å²) in [5.74, 6) is 2.57. The van der Waals surface area contributed by atoms with Crippen LogP contribution in [0.15, 0.2) is 90.8 Å². The number of fused-ring (bicyclic) bond motifs is 2. The summed E-state index contributed by atoms with van der Waals surface area (Å²) in [5, 5.41) is 0. The minimum Gasteiger partial charge on any atom is -0.232 e. The normalized spacial score (nSPS) is 18.9. The number of benzene rings is 3. The number of aryl methyl sites for hydroxylation is 1. The van der Waals surface area contributed by atoms with Crippen molar-refractivity contribution >= 4 is 5.57 Å². The van der Waals surface area contributed by atoms with E-state index < -0.39 is 0 Å². The van der Waals surface area contributed by atoms with Crippen LogP contribution in [0.5, 0.6) is 0 Å². The highest BCUT2D eigenvalue weighted by molar-refractivity contribution is 5.85. The van der Waals surface area contributed by atoms with Gasteiger partial charge < -0.3 is 0 Å². The van der Waals surface area contributed by atoms with E-state index in [0.29, 0.717) is 11.8 Å². The zero-order chi connectivity index (χ0) is 27.3. The summed E-state index contributed by atoms with van der Waals surface area (Å²) >= 11 is 0. The summed E-state index contributed by atoms with van der Waals surface area (Å²) < 4.78 is 4.93. The molecule has 0 amide bonds. The largest absolute Gasteiger partial charge is 0.293 e. The Morgan fingerprint density at radius 1 is 0.756 bits per heavy atom. The van der Waals surface area contributed by atoms with Crippen molar-refractivity contribution in [3.05, 3.63) is 113 Å². The van der Waals surface area contributed by atoms with Crippen LogP contribution in [0.4, 0.5) is 0 Å². The monoisotopic (exact) mass is 537 g/mol. The summed E-state index contributed by atoms with van der Waals surface area (Å²) in [5.41, 5.74) is 14.8. The summed E-state index contributed by atoms with van der Waals surface area (Å²) in [6.45, 7) is 0. The molecule has 4 aromatic rings. The van der Waals surface area contributed by atoms with E-state index in [1.165, 1.54) is 109 Å². The van der Waals surface area contributed by atoms with E-state index in [2.05, 4.69) is 101 Å². The predicted molar refractivity (Wildman–Crippen MR) is 169 cm³/mol. The predicted octanol–water partition coefficient (Wildman–Crippen LogP) is 9.61. The highest BCUT2D eigenvalue weighted by Gasteiger charge is 2.33. The fourth-order valence-corrected chi connectivity index (χ4v) is 8.38. The Bertz CT molecular complexity index is 1630. The molecule has 0 radical (unpaired) electrons. The molecule has 0 unspecified atom stereocenters. The molecule has 0 atom stereocenters. The first-order valence-electron chi connectivity index (χ1n) is 16.1. The molecule has 0 N–H and O–H groups in total. The molecule has 0 saturated heterocycles. The highest BCUT2D eigenvalue weighted by atomic mass is 15.1. The van der Waals surface area contributed by atoms with Crippen LogP contribution in [-0.4, -0.2) is 4.57 Å². The van der Waals surface area contributed by atoms with E-state index in [1.54, 1.807) is 16.7 Å². The quantitative estimate of drug-likeness (QED) is 0.224. The third kappa shape index (κ3) is 4.35. The second kappa shape index (κ2) is 10.3. The Kier molecular flexibility index (Phi) is 6.31. The Labute approximate surface area is 245 Å². The fourth-order valence-electron chi connectivity index (χ4n) is 8.38. The topological polar surface area (TPSA) is 8.81 Å². The van der Waals surface area contributed by atoms with Gasteiger partial charge in [0.25, 0.3) is 5.82 Å². The van der Waals surface area contributed by atoms with E-state index >= 15 is 0 Å². The molecule has 0 spiro atoms. The van der Waals surface area contributed by atoms with Crippen LogP contribution in [0.2, 0.25) is 0 Å². The maximum Gasteiger partial charge on any atom is 0.293 e. The number of allylic oxidation sites excluding steroid dienone is 4. The molecule has 3 aromatic carbocycles. The van der Waals surface area contributed by atoms with Gasteiger partial charge in [-0.05, 0) is 109 Å². The molecule has 1 aromatic heterocycles. The first kappa shape index (κ1) is 25.1. The SMILES string of the molecule is C[n+]1ccn(-c2c(C3CCCC3)cc(-c3ccccc3)cc2C2CCCC2)c1-c1ccc2c(c1)C1=C(CCC=C1)C2. The van der Waals surface area contributed by atoms with Crippen molar-refractivity contribution in [2.45, 2.75) is 82.5 Å². The van der Waals surface area contributed by atoms with Gasteiger partial charge in [0.15, 0.2) is 0 Å². The number of hydrogen-bond donors (Lipinski definition) is 0. The molecule has 2 fully saturated rings. The van der Waals surface area contributed by atoms with Gasteiger partial charge in [-0.3, -0.25) is 0 Å². The van der Waals surface area contributed by atoms with Crippen LogP contribution in [0.3, 0.4) is 0 Å². The van der Waals surface area contributed by atoms with Gasteiger partial charge in [-0.15, -0.1) is 0 Å². The molecule has 2 heteroatoms. The third-order valence-electron chi connectivity index (χ3n) is 10.4. The van der Waals surface area contributed by atoms with Crippen molar-refractivity contribution in [3.63, 3.8) is 0 Å². The molecule has 0 bridgehead atoms. The van der Waals surface area contributed by atoms with E-state index in [9.17, 15) is 0 Å². The molecular formula is C39H41N2+. The van der Waals surface area contributed by atoms with Gasteiger partial charge in [0.05, 0.1) is 12.6 Å². The summed E-state index contributed by atoms with van der Waals surface area (Å²) in [6.07, 6.45) is 23.5. The number of nitrogens with zero attached hydrogens (tertiary/aromatic N) is 2. The van der Waals surface area contributed by atoms with E-state index in [1.807, 2.05) is 0 Å². The Balaban J connectivity index is 1.34. The fraction of sp³-hybridized carbons (Fsp3) is 0.359. The van der Waals surface area contributed by atoms with Crippen LogP contribution in [-0.2, 0) is 13.5 Å². The van der Waals surface area contributed by atoms with Crippen molar-refractivity contribution in [1.29, 1.82) is 0 Å². The van der Waals surface area contributed by atoms with Crippen molar-refractivity contribution in [1.82, 2.24) is 4.57 Å². The van der Waals surface area contributed by atoms with Gasteiger partial charge in [0.1, 0.15) is 18.1 Å². The van der Waals surface area contributed by atoms with Crippen LogP contribution < -0.4 is 4.57 Å². The molecule has 2 nitrogen and oxygen atoms in total. The zero-order valence-corrected chi connectivity index (χ0v) is 24.4. The van der Waals surface area contributed by atoms with Crippen LogP contribution in [0, 0.1) is 0 Å². The minimum atomic E-state index is 0.634. The second-order valence-corrected chi connectivity index (χ2v) is 12.9. The number of hydrogen-bond acceptors (Lipinski definition) is 0. The van der Waals surface area contributed by atoms with Gasteiger partial charge in [-0.25, -0.2) is 4.57 Å². The van der Waals surface area contributed by atoms with Crippen molar-refractivity contribution < 1.29 is 4.57 Å². The maximum absolute atomic E-state index is 2.58. The van der Waals surface area contributed by atoms with Crippen LogP contribution in [0.1, 0.15) is 98.3 Å². The average Bonchev–Trinajstić information content (AvgIpc) is 3.83. The molecule has 8 rings (SSSR count). The lowest BCUT2D eigenvalue weighted by molar-refractivity contribution is -0.659. The molecule has 41 heavy (non-hydrogen) atoms. The van der Waals surface area contributed by atoms with E-state index in [-0.39, 0.29) is 0 Å². The number of aromatic nitrogens is 2. The molecule has 4 aliphatic rings. The number of rotatable bonds is 5. The Hall–Kier alpha value is -3.65. The molecule has 2 saturated carbocycles. The van der Waals surface area contributed by atoms with Crippen LogP contribution in [0.25, 0.3) is 33.8 Å². The summed E-state index contributed by atoms with van der Waals surface area (Å²) in [7, 11) is 2.23. The standard InChI is InChI=1S/C39H41N2/c1-40-21-22-41(39(40)32-20-19-31-23-30-17-9-10-18-34(30)35(31)24-32)38-36(28-13-5-6-14-28)25-33(27-11-3-2-4-12-27)26-37(38)29-15-7-8-16-29/h2-4,10-12,18-22,24-26,28-29H,5-9,13-17,23H2,1H3/q+1. The van der Waals surface area contributed by atoms with Crippen LogP contribution >= 0.6 is 0 Å². The van der Waals surface area contributed by atoms with Crippen molar-refractivity contribution in [3.8, 4) is 28.2 Å². The lowest BCUT2D eigenvalue weighted by Crippen LogP contribution is -2.29. The third-order valence-corrected chi connectivity index (χ3v) is 10.4. The van der Waals surface area contributed by atoms with Gasteiger partial charge in [0, 0.05) is 11.1 Å². The second-order valence-electron chi connectivity index (χ2n) is 12.9. The van der Waals surface area contributed by atoms with E-state index in [0.717, 1.165) is 6.42 Å². The van der Waals surface area contributed by atoms with Gasteiger partial charge in [-0.2, -0.15) is 4.57 Å². The van der Waals surface area contributed by atoms with Gasteiger partial charge in [-0.1, -0.05) is 79.8 Å². The van der Waals surface area contributed by atoms with Crippen molar-refractivity contribution in [2.24, 2.45) is 7.05 Å². The lowest BCUT2D eigenvalue weighted by atomic mass is 9.84. The number of imidazole rings is 1. The van der Waals surface area contributed by atoms with Crippen molar-refractivity contribution in [2.75, 3.05) is 0 Å². The Morgan fingerprint density at radius 2 is 1.46 bits per heavy atom. The molecule has 206 valence electrons.